The average Bonchev–Trinajstić information content (AvgIpc) is 3.18. The second-order valence-corrected chi connectivity index (χ2v) is 9.02. The summed E-state index contributed by atoms with van der Waals surface area (Å²) in [5, 5.41) is 9.77. The first-order valence-corrected chi connectivity index (χ1v) is 10.8. The first-order valence-electron chi connectivity index (χ1n) is 10.4. The Hall–Kier alpha value is -2.60. The van der Waals surface area contributed by atoms with Crippen LogP contribution in [-0.4, -0.2) is 26.2 Å². The highest BCUT2D eigenvalue weighted by molar-refractivity contribution is 6.31. The van der Waals surface area contributed by atoms with Gasteiger partial charge in [-0.3, -0.25) is 9.20 Å². The summed E-state index contributed by atoms with van der Waals surface area (Å²) < 4.78 is 13.9. The van der Waals surface area contributed by atoms with Gasteiger partial charge in [0.2, 0.25) is 5.65 Å². The lowest BCUT2D eigenvalue weighted by atomic mass is 9.58. The van der Waals surface area contributed by atoms with Crippen molar-refractivity contribution >= 4 is 23.2 Å². The summed E-state index contributed by atoms with van der Waals surface area (Å²) in [5.74, 6) is 2.15. The average molecular weight is 426 g/mol. The van der Waals surface area contributed by atoms with Crippen LogP contribution in [-0.2, 0) is 14.9 Å². The van der Waals surface area contributed by atoms with Gasteiger partial charge in [0, 0.05) is 29.1 Å². The summed E-state index contributed by atoms with van der Waals surface area (Å²) >= 11 is 6.24. The molecule has 2 aromatic heterocycles. The molecule has 156 valence electrons. The van der Waals surface area contributed by atoms with Crippen LogP contribution in [0.1, 0.15) is 56.8 Å². The van der Waals surface area contributed by atoms with E-state index in [0.29, 0.717) is 22.2 Å². The van der Waals surface area contributed by atoms with E-state index in [1.54, 1.807) is 0 Å². The number of pyridine rings is 1. The van der Waals surface area contributed by atoms with Crippen LogP contribution in [0.25, 0.3) is 5.65 Å². The molecule has 0 atom stereocenters. The Morgan fingerprint density at radius 3 is 2.43 bits per heavy atom. The third-order valence-electron chi connectivity index (χ3n) is 6.85. The predicted molar refractivity (Wildman–Crippen MR) is 113 cm³/mol. The molecule has 6 nitrogen and oxygen atoms in total. The van der Waals surface area contributed by atoms with Crippen molar-refractivity contribution in [2.24, 2.45) is 0 Å². The number of aromatic nitrogens is 3. The van der Waals surface area contributed by atoms with E-state index in [9.17, 15) is 4.79 Å². The fourth-order valence-electron chi connectivity index (χ4n) is 5.09. The highest BCUT2D eigenvalue weighted by Crippen LogP contribution is 2.54. The third kappa shape index (κ3) is 3.05. The van der Waals surface area contributed by atoms with Gasteiger partial charge in [0.1, 0.15) is 17.2 Å². The molecule has 3 aliphatic rings. The van der Waals surface area contributed by atoms with Gasteiger partial charge in [-0.2, -0.15) is 0 Å². The Morgan fingerprint density at radius 2 is 1.73 bits per heavy atom. The minimum absolute atomic E-state index is 0.0358. The quantitative estimate of drug-likeness (QED) is 0.524. The molecule has 3 aliphatic carbocycles. The van der Waals surface area contributed by atoms with Gasteiger partial charge in [-0.1, -0.05) is 17.7 Å². The van der Waals surface area contributed by atoms with Crippen molar-refractivity contribution in [3.05, 3.63) is 52.9 Å². The van der Waals surface area contributed by atoms with E-state index in [2.05, 4.69) is 14.6 Å². The molecule has 30 heavy (non-hydrogen) atoms. The van der Waals surface area contributed by atoms with Crippen LogP contribution in [0.4, 0.5) is 0 Å². The lowest BCUT2D eigenvalue weighted by molar-refractivity contribution is -0.170. The number of rotatable bonds is 4. The number of benzene rings is 1. The summed E-state index contributed by atoms with van der Waals surface area (Å²) in [7, 11) is 0. The number of hydrogen-bond donors (Lipinski definition) is 0. The molecule has 7 heteroatoms. The number of halogens is 1. The molecule has 0 spiro atoms. The van der Waals surface area contributed by atoms with Crippen molar-refractivity contribution in [3.63, 3.8) is 0 Å². The molecule has 2 heterocycles. The smallest absolute Gasteiger partial charge is 0.303 e. The van der Waals surface area contributed by atoms with Crippen LogP contribution < -0.4 is 4.74 Å². The van der Waals surface area contributed by atoms with Gasteiger partial charge in [0.05, 0.1) is 0 Å². The van der Waals surface area contributed by atoms with Crippen LogP contribution in [0.2, 0.25) is 5.02 Å². The Balaban J connectivity index is 1.48. The van der Waals surface area contributed by atoms with Crippen LogP contribution in [0.5, 0.6) is 11.5 Å². The topological polar surface area (TPSA) is 65.7 Å². The fraction of sp³-hybridized carbons (Fsp3) is 0.435. The number of fused-ring (bicyclic) bond motifs is 4. The van der Waals surface area contributed by atoms with Gasteiger partial charge >= 0.3 is 5.97 Å². The fourth-order valence-corrected chi connectivity index (χ4v) is 5.26. The van der Waals surface area contributed by atoms with Crippen molar-refractivity contribution in [3.8, 4) is 11.5 Å². The monoisotopic (exact) mass is 425 g/mol. The molecule has 0 N–H and O–H groups in total. The lowest BCUT2D eigenvalue weighted by Gasteiger charge is -2.51. The molecule has 0 aliphatic heterocycles. The molecule has 3 fully saturated rings. The second kappa shape index (κ2) is 6.98. The van der Waals surface area contributed by atoms with E-state index in [4.69, 9.17) is 21.1 Å². The standard InChI is InChI=1S/C23H24ClN3O3/c1-15-17(24)5-3-6-18(15)29-19-7-4-14-27-20(19)25-26-21(27)22-8-11-23(12-9-22,13-10-22)30-16(2)28/h3-7,14H,8-13H2,1-2H3. The van der Waals surface area contributed by atoms with Crippen molar-refractivity contribution in [1.82, 2.24) is 14.6 Å². The number of hydrogen-bond acceptors (Lipinski definition) is 5. The normalized spacial score (nSPS) is 25.4. The third-order valence-corrected chi connectivity index (χ3v) is 7.26. The molecular formula is C23H24ClN3O3. The minimum atomic E-state index is -0.285. The lowest BCUT2D eigenvalue weighted by Crippen LogP contribution is -2.51. The maximum absolute atomic E-state index is 11.5. The zero-order valence-electron chi connectivity index (χ0n) is 17.2. The van der Waals surface area contributed by atoms with Gasteiger partial charge in [0.15, 0.2) is 5.75 Å². The predicted octanol–water partition coefficient (Wildman–Crippen LogP) is 5.39. The highest BCUT2D eigenvalue weighted by Gasteiger charge is 2.53. The van der Waals surface area contributed by atoms with E-state index in [0.717, 1.165) is 49.9 Å². The molecule has 0 amide bonds. The highest BCUT2D eigenvalue weighted by atomic mass is 35.5. The van der Waals surface area contributed by atoms with E-state index in [-0.39, 0.29) is 17.0 Å². The van der Waals surface area contributed by atoms with Gasteiger partial charge in [-0.15, -0.1) is 10.2 Å². The van der Waals surface area contributed by atoms with Crippen molar-refractivity contribution in [2.75, 3.05) is 0 Å². The first kappa shape index (κ1) is 19.4. The van der Waals surface area contributed by atoms with Crippen molar-refractivity contribution in [2.45, 2.75) is 63.4 Å². The maximum atomic E-state index is 11.5. The number of esters is 1. The molecule has 0 radical (unpaired) electrons. The Morgan fingerprint density at radius 1 is 1.03 bits per heavy atom. The molecule has 3 aromatic rings. The van der Waals surface area contributed by atoms with E-state index in [1.165, 1.54) is 6.92 Å². The number of ether oxygens (including phenoxy) is 2. The van der Waals surface area contributed by atoms with Crippen LogP contribution in [0, 0.1) is 6.92 Å². The first-order chi connectivity index (χ1) is 14.4. The minimum Gasteiger partial charge on any atom is -0.459 e. The summed E-state index contributed by atoms with van der Waals surface area (Å²) in [6.45, 7) is 3.44. The van der Waals surface area contributed by atoms with Crippen LogP contribution >= 0.6 is 11.6 Å². The molecule has 3 saturated carbocycles. The molecule has 1 aromatic carbocycles. The zero-order valence-corrected chi connectivity index (χ0v) is 17.9. The van der Waals surface area contributed by atoms with E-state index < -0.39 is 0 Å². The Bertz CT molecular complexity index is 1120. The largest absolute Gasteiger partial charge is 0.459 e. The van der Waals surface area contributed by atoms with Gasteiger partial charge in [-0.25, -0.2) is 0 Å². The summed E-state index contributed by atoms with van der Waals surface area (Å²) in [6, 6.07) is 9.48. The molecule has 0 unspecified atom stereocenters. The number of carbonyl (C=O) groups excluding carboxylic acids is 1. The molecular weight excluding hydrogens is 402 g/mol. The van der Waals surface area contributed by atoms with E-state index in [1.807, 2.05) is 43.5 Å². The van der Waals surface area contributed by atoms with Gasteiger partial charge in [-0.05, 0) is 69.7 Å². The van der Waals surface area contributed by atoms with Crippen molar-refractivity contribution < 1.29 is 14.3 Å². The summed E-state index contributed by atoms with van der Waals surface area (Å²) in [4.78, 5) is 11.5. The van der Waals surface area contributed by atoms with Gasteiger partial charge < -0.3 is 9.47 Å². The SMILES string of the molecule is CC(=O)OC12CCC(c3nnc4c(Oc5cccc(Cl)c5C)cccn34)(CC1)CC2. The molecule has 2 bridgehead atoms. The number of nitrogens with zero attached hydrogens (tertiary/aromatic N) is 3. The summed E-state index contributed by atoms with van der Waals surface area (Å²) in [5.41, 5.74) is 1.27. The van der Waals surface area contributed by atoms with Crippen LogP contribution in [0.3, 0.4) is 0 Å². The zero-order chi connectivity index (χ0) is 20.9. The maximum Gasteiger partial charge on any atom is 0.303 e. The van der Waals surface area contributed by atoms with E-state index >= 15 is 0 Å². The Kier molecular flexibility index (Phi) is 4.51. The summed E-state index contributed by atoms with van der Waals surface area (Å²) in [6.07, 6.45) is 7.45. The second-order valence-electron chi connectivity index (χ2n) is 8.61. The Labute approximate surface area is 180 Å². The molecule has 0 saturated heterocycles. The van der Waals surface area contributed by atoms with Gasteiger partial charge in [0.25, 0.3) is 0 Å². The van der Waals surface area contributed by atoms with Crippen molar-refractivity contribution in [1.29, 1.82) is 0 Å². The van der Waals surface area contributed by atoms with Crippen LogP contribution in [0.15, 0.2) is 36.5 Å². The number of carbonyl (C=O) groups is 1. The molecule has 6 rings (SSSR count).